The number of carboxylic acids is 1. The molecule has 0 radical (unpaired) electrons. The van der Waals surface area contributed by atoms with Gasteiger partial charge in [0.1, 0.15) is 0 Å². The Balaban J connectivity index is 2.99. The summed E-state index contributed by atoms with van der Waals surface area (Å²) in [6.45, 7) is 0. The Labute approximate surface area is 115 Å². The average molecular weight is 306 g/mol. The minimum atomic E-state index is -5.16. The highest BCUT2D eigenvalue weighted by molar-refractivity contribution is 5.82. The van der Waals surface area contributed by atoms with Gasteiger partial charge in [0.15, 0.2) is 0 Å². The van der Waals surface area contributed by atoms with Gasteiger partial charge in [-0.05, 0) is 5.56 Å². The fourth-order valence-corrected chi connectivity index (χ4v) is 1.50. The van der Waals surface area contributed by atoms with Crippen LogP contribution in [0.3, 0.4) is 0 Å². The SMILES string of the molecule is O=C(O)C[C@H](NC(=O)C(F)(F)F)c1ccc([N+](=O)[O-])cc1. The summed E-state index contributed by atoms with van der Waals surface area (Å²) in [6, 6.07) is 2.73. The molecule has 0 spiro atoms. The molecule has 0 fully saturated rings. The number of benzene rings is 1. The van der Waals surface area contributed by atoms with E-state index in [1.54, 1.807) is 0 Å². The summed E-state index contributed by atoms with van der Waals surface area (Å²) < 4.78 is 36.6. The van der Waals surface area contributed by atoms with Crippen molar-refractivity contribution in [3.05, 3.63) is 39.9 Å². The third kappa shape index (κ3) is 4.75. The van der Waals surface area contributed by atoms with Crippen molar-refractivity contribution >= 4 is 17.6 Å². The van der Waals surface area contributed by atoms with Crippen LogP contribution < -0.4 is 5.32 Å². The number of nitrogens with zero attached hydrogens (tertiary/aromatic N) is 1. The number of carboxylic acid groups (broad SMARTS) is 1. The molecule has 0 aliphatic heterocycles. The molecule has 1 rings (SSSR count). The molecule has 0 aromatic heterocycles. The van der Waals surface area contributed by atoms with Crippen LogP contribution in [0, 0.1) is 10.1 Å². The zero-order valence-electron chi connectivity index (χ0n) is 10.3. The van der Waals surface area contributed by atoms with E-state index in [9.17, 15) is 32.9 Å². The number of hydrogen-bond acceptors (Lipinski definition) is 4. The monoisotopic (exact) mass is 306 g/mol. The summed E-state index contributed by atoms with van der Waals surface area (Å²) in [5.41, 5.74) is -0.296. The summed E-state index contributed by atoms with van der Waals surface area (Å²) >= 11 is 0. The normalized spacial score (nSPS) is 12.5. The predicted molar refractivity (Wildman–Crippen MR) is 62.3 cm³/mol. The number of carbonyl (C=O) groups is 2. The number of nitro benzene ring substituents is 1. The number of nitro groups is 1. The molecule has 1 aromatic carbocycles. The lowest BCUT2D eigenvalue weighted by Crippen LogP contribution is -2.39. The predicted octanol–water partition coefficient (Wildman–Crippen LogP) is 1.79. The topological polar surface area (TPSA) is 110 Å². The molecule has 0 heterocycles. The molecule has 7 nitrogen and oxygen atoms in total. The quantitative estimate of drug-likeness (QED) is 0.636. The molecule has 10 heteroatoms. The van der Waals surface area contributed by atoms with E-state index in [1.807, 2.05) is 0 Å². The highest BCUT2D eigenvalue weighted by atomic mass is 19.4. The Morgan fingerprint density at radius 1 is 1.29 bits per heavy atom. The van der Waals surface area contributed by atoms with Crippen molar-refractivity contribution in [1.82, 2.24) is 5.32 Å². The van der Waals surface area contributed by atoms with Crippen molar-refractivity contribution in [3.63, 3.8) is 0 Å². The van der Waals surface area contributed by atoms with Crippen LogP contribution >= 0.6 is 0 Å². The summed E-state index contributed by atoms with van der Waals surface area (Å²) in [4.78, 5) is 31.3. The van der Waals surface area contributed by atoms with Crippen LogP contribution in [0.5, 0.6) is 0 Å². The fourth-order valence-electron chi connectivity index (χ4n) is 1.50. The second-order valence-electron chi connectivity index (χ2n) is 3.97. The van der Waals surface area contributed by atoms with Gasteiger partial charge in [-0.3, -0.25) is 19.7 Å². The summed E-state index contributed by atoms with van der Waals surface area (Å²) in [5, 5.41) is 20.7. The molecule has 0 saturated heterocycles. The molecular weight excluding hydrogens is 297 g/mol. The molecule has 0 saturated carbocycles. The third-order valence-corrected chi connectivity index (χ3v) is 2.45. The van der Waals surface area contributed by atoms with Crippen LogP contribution in [0.15, 0.2) is 24.3 Å². The van der Waals surface area contributed by atoms with E-state index in [0.29, 0.717) is 0 Å². The molecule has 0 aliphatic rings. The number of non-ortho nitro benzene ring substituents is 1. The number of alkyl halides is 3. The van der Waals surface area contributed by atoms with E-state index in [1.165, 1.54) is 5.32 Å². The van der Waals surface area contributed by atoms with E-state index in [4.69, 9.17) is 5.11 Å². The van der Waals surface area contributed by atoms with Crippen LogP contribution in [0.1, 0.15) is 18.0 Å². The maximum absolute atomic E-state index is 12.2. The maximum Gasteiger partial charge on any atom is 0.471 e. The van der Waals surface area contributed by atoms with Crippen LogP contribution in [-0.4, -0.2) is 28.1 Å². The molecule has 114 valence electrons. The van der Waals surface area contributed by atoms with Gasteiger partial charge in [-0.2, -0.15) is 13.2 Å². The Morgan fingerprint density at radius 3 is 2.19 bits per heavy atom. The van der Waals surface area contributed by atoms with Gasteiger partial charge in [0.05, 0.1) is 17.4 Å². The average Bonchev–Trinajstić information content (AvgIpc) is 2.36. The zero-order valence-corrected chi connectivity index (χ0v) is 10.3. The second-order valence-corrected chi connectivity index (χ2v) is 3.97. The first-order valence-electron chi connectivity index (χ1n) is 5.45. The first-order chi connectivity index (χ1) is 9.61. The van der Waals surface area contributed by atoms with Crippen molar-refractivity contribution in [3.8, 4) is 0 Å². The first kappa shape index (κ1) is 16.4. The number of amides is 1. The number of aliphatic carboxylic acids is 1. The molecule has 2 N–H and O–H groups in total. The van der Waals surface area contributed by atoms with Gasteiger partial charge in [-0.25, -0.2) is 0 Å². The van der Waals surface area contributed by atoms with Gasteiger partial charge in [-0.1, -0.05) is 12.1 Å². The number of halogens is 3. The van der Waals surface area contributed by atoms with Crippen LogP contribution in [0.25, 0.3) is 0 Å². The van der Waals surface area contributed by atoms with Gasteiger partial charge in [-0.15, -0.1) is 0 Å². The number of nitrogens with one attached hydrogen (secondary N) is 1. The highest BCUT2D eigenvalue weighted by Gasteiger charge is 2.40. The van der Waals surface area contributed by atoms with Crippen molar-refractivity contribution in [1.29, 1.82) is 0 Å². The second kappa shape index (κ2) is 6.20. The van der Waals surface area contributed by atoms with Crippen LogP contribution in [0.4, 0.5) is 18.9 Å². The van der Waals surface area contributed by atoms with Crippen LogP contribution in [0.2, 0.25) is 0 Å². The molecule has 21 heavy (non-hydrogen) atoms. The van der Waals surface area contributed by atoms with Gasteiger partial charge in [0.25, 0.3) is 5.69 Å². The molecule has 0 aliphatic carbocycles. The lowest BCUT2D eigenvalue weighted by atomic mass is 10.0. The van der Waals surface area contributed by atoms with E-state index < -0.39 is 35.4 Å². The van der Waals surface area contributed by atoms with Crippen molar-refractivity contribution in [2.75, 3.05) is 0 Å². The lowest BCUT2D eigenvalue weighted by Gasteiger charge is -2.18. The molecule has 1 atom stereocenters. The molecule has 1 amide bonds. The number of carbonyl (C=O) groups excluding carboxylic acids is 1. The van der Waals surface area contributed by atoms with Gasteiger partial charge in [0.2, 0.25) is 0 Å². The van der Waals surface area contributed by atoms with Gasteiger partial charge >= 0.3 is 18.1 Å². The minimum absolute atomic E-state index is 0.0144. The fraction of sp³-hybridized carbons (Fsp3) is 0.273. The zero-order chi connectivity index (χ0) is 16.2. The van der Waals surface area contributed by atoms with Crippen molar-refractivity contribution in [2.24, 2.45) is 0 Å². The van der Waals surface area contributed by atoms with Gasteiger partial charge in [0, 0.05) is 12.1 Å². The molecule has 1 aromatic rings. The van der Waals surface area contributed by atoms with Crippen molar-refractivity contribution in [2.45, 2.75) is 18.6 Å². The Bertz CT molecular complexity index is 556. The van der Waals surface area contributed by atoms with E-state index >= 15 is 0 Å². The summed E-state index contributed by atoms with van der Waals surface area (Å²) in [7, 11) is 0. The van der Waals surface area contributed by atoms with Crippen molar-refractivity contribution < 1.29 is 32.8 Å². The van der Waals surface area contributed by atoms with E-state index in [-0.39, 0.29) is 11.3 Å². The smallest absolute Gasteiger partial charge is 0.471 e. The standard InChI is InChI=1S/C11H9F3N2O5/c12-11(13,14)10(19)15-8(5-9(17)18)6-1-3-7(4-2-6)16(20)21/h1-4,8H,5H2,(H,15,19)(H,17,18)/t8-/m0/s1. The lowest BCUT2D eigenvalue weighted by molar-refractivity contribution is -0.384. The number of rotatable bonds is 5. The molecule has 0 unspecified atom stereocenters. The molecule has 0 bridgehead atoms. The highest BCUT2D eigenvalue weighted by Crippen LogP contribution is 2.23. The third-order valence-electron chi connectivity index (χ3n) is 2.45. The Morgan fingerprint density at radius 2 is 1.81 bits per heavy atom. The Hall–Kier alpha value is -2.65. The van der Waals surface area contributed by atoms with E-state index in [0.717, 1.165) is 24.3 Å². The summed E-state index contributed by atoms with van der Waals surface area (Å²) in [5.74, 6) is -3.71. The minimum Gasteiger partial charge on any atom is -0.481 e. The molecular formula is C11H9F3N2O5. The number of hydrogen-bond donors (Lipinski definition) is 2. The van der Waals surface area contributed by atoms with E-state index in [2.05, 4.69) is 0 Å². The summed E-state index contributed by atoms with van der Waals surface area (Å²) in [6.07, 6.45) is -5.95. The largest absolute Gasteiger partial charge is 0.481 e. The van der Waals surface area contributed by atoms with Gasteiger partial charge < -0.3 is 10.4 Å². The maximum atomic E-state index is 12.2. The first-order valence-corrected chi connectivity index (χ1v) is 5.45. The Kier molecular flexibility index (Phi) is 4.84. The van der Waals surface area contributed by atoms with Crippen LogP contribution in [-0.2, 0) is 9.59 Å².